The SMILES string of the molecule is O=C1NCCCC[C@H]1NC(=S)Nc1ccccc1. The molecule has 1 aliphatic heterocycles. The molecule has 1 saturated heterocycles. The summed E-state index contributed by atoms with van der Waals surface area (Å²) in [5.74, 6) is 0.0321. The second-order valence-electron chi connectivity index (χ2n) is 4.30. The number of rotatable bonds is 2. The van der Waals surface area contributed by atoms with Crippen molar-refractivity contribution in [2.45, 2.75) is 25.3 Å². The molecule has 3 N–H and O–H groups in total. The van der Waals surface area contributed by atoms with E-state index < -0.39 is 0 Å². The van der Waals surface area contributed by atoms with Crippen LogP contribution in [0.3, 0.4) is 0 Å². The smallest absolute Gasteiger partial charge is 0.242 e. The molecule has 96 valence electrons. The Labute approximate surface area is 112 Å². The van der Waals surface area contributed by atoms with Gasteiger partial charge in [-0.3, -0.25) is 4.79 Å². The van der Waals surface area contributed by atoms with Crippen molar-refractivity contribution in [1.29, 1.82) is 0 Å². The third-order valence-electron chi connectivity index (χ3n) is 2.87. The Kier molecular flexibility index (Phi) is 4.52. The molecule has 0 bridgehead atoms. The van der Waals surface area contributed by atoms with Gasteiger partial charge in [0.15, 0.2) is 5.11 Å². The Morgan fingerprint density at radius 1 is 1.28 bits per heavy atom. The first-order chi connectivity index (χ1) is 8.75. The Hall–Kier alpha value is -1.62. The molecular weight excluding hydrogens is 246 g/mol. The average molecular weight is 263 g/mol. The lowest BCUT2D eigenvalue weighted by Crippen LogP contribution is -2.46. The summed E-state index contributed by atoms with van der Waals surface area (Å²) in [5.41, 5.74) is 0.920. The van der Waals surface area contributed by atoms with Crippen LogP contribution in [0.25, 0.3) is 0 Å². The zero-order chi connectivity index (χ0) is 12.8. The number of nitrogens with one attached hydrogen (secondary N) is 3. The maximum atomic E-state index is 11.7. The highest BCUT2D eigenvalue weighted by molar-refractivity contribution is 7.80. The van der Waals surface area contributed by atoms with E-state index in [2.05, 4.69) is 16.0 Å². The van der Waals surface area contributed by atoms with Gasteiger partial charge in [0, 0.05) is 12.2 Å². The summed E-state index contributed by atoms with van der Waals surface area (Å²) >= 11 is 5.21. The topological polar surface area (TPSA) is 53.2 Å². The molecule has 0 aliphatic carbocycles. The van der Waals surface area contributed by atoms with Gasteiger partial charge in [-0.1, -0.05) is 18.2 Å². The zero-order valence-electron chi connectivity index (χ0n) is 10.1. The molecule has 0 unspecified atom stereocenters. The predicted molar refractivity (Wildman–Crippen MR) is 76.4 cm³/mol. The Morgan fingerprint density at radius 3 is 2.83 bits per heavy atom. The molecule has 0 aromatic heterocycles. The molecule has 1 heterocycles. The second-order valence-corrected chi connectivity index (χ2v) is 4.71. The lowest BCUT2D eigenvalue weighted by molar-refractivity contribution is -0.122. The highest BCUT2D eigenvalue weighted by Gasteiger charge is 2.20. The normalized spacial score (nSPS) is 19.6. The number of thiocarbonyl (C=S) groups is 1. The Bertz CT molecular complexity index is 422. The van der Waals surface area contributed by atoms with E-state index in [1.165, 1.54) is 0 Å². The molecule has 4 nitrogen and oxygen atoms in total. The monoisotopic (exact) mass is 263 g/mol. The van der Waals surface area contributed by atoms with E-state index in [9.17, 15) is 4.79 Å². The van der Waals surface area contributed by atoms with Crippen molar-refractivity contribution in [2.24, 2.45) is 0 Å². The third kappa shape index (κ3) is 3.70. The first kappa shape index (κ1) is 12.8. The summed E-state index contributed by atoms with van der Waals surface area (Å²) in [4.78, 5) is 11.7. The van der Waals surface area contributed by atoms with Gasteiger partial charge in [0.2, 0.25) is 5.91 Å². The van der Waals surface area contributed by atoms with Crippen LogP contribution in [0.2, 0.25) is 0 Å². The number of benzene rings is 1. The predicted octanol–water partition coefficient (Wildman–Crippen LogP) is 1.64. The van der Waals surface area contributed by atoms with Gasteiger partial charge in [0.25, 0.3) is 0 Å². The van der Waals surface area contributed by atoms with Gasteiger partial charge in [0.1, 0.15) is 6.04 Å². The molecule has 1 atom stereocenters. The fraction of sp³-hybridized carbons (Fsp3) is 0.385. The van der Waals surface area contributed by atoms with Crippen LogP contribution >= 0.6 is 12.2 Å². The number of carbonyl (C=O) groups excluding carboxylic acids is 1. The lowest BCUT2D eigenvalue weighted by atomic mass is 10.1. The lowest BCUT2D eigenvalue weighted by Gasteiger charge is -2.17. The van der Waals surface area contributed by atoms with E-state index in [-0.39, 0.29) is 11.9 Å². The summed E-state index contributed by atoms with van der Waals surface area (Å²) < 4.78 is 0. The number of hydrogen-bond donors (Lipinski definition) is 3. The van der Waals surface area contributed by atoms with Crippen LogP contribution in [0.5, 0.6) is 0 Å². The van der Waals surface area contributed by atoms with Crippen LogP contribution in [0, 0.1) is 0 Å². The molecule has 1 amide bonds. The van der Waals surface area contributed by atoms with E-state index in [1.807, 2.05) is 30.3 Å². The summed E-state index contributed by atoms with van der Waals surface area (Å²) in [6.07, 6.45) is 2.88. The molecular formula is C13H17N3OS. The van der Waals surface area contributed by atoms with Gasteiger partial charge >= 0.3 is 0 Å². The molecule has 0 radical (unpaired) electrons. The van der Waals surface area contributed by atoms with Gasteiger partial charge in [0.05, 0.1) is 0 Å². The van der Waals surface area contributed by atoms with E-state index in [0.717, 1.165) is 31.5 Å². The van der Waals surface area contributed by atoms with Crippen molar-refractivity contribution >= 4 is 28.9 Å². The first-order valence-corrected chi connectivity index (χ1v) is 6.57. The van der Waals surface area contributed by atoms with Crippen LogP contribution in [0.15, 0.2) is 30.3 Å². The maximum Gasteiger partial charge on any atom is 0.242 e. The zero-order valence-corrected chi connectivity index (χ0v) is 10.9. The van der Waals surface area contributed by atoms with Crippen molar-refractivity contribution in [1.82, 2.24) is 10.6 Å². The first-order valence-electron chi connectivity index (χ1n) is 6.16. The number of anilines is 1. The Balaban J connectivity index is 1.88. The molecule has 1 aromatic rings. The summed E-state index contributed by atoms with van der Waals surface area (Å²) in [6, 6.07) is 9.45. The van der Waals surface area contributed by atoms with E-state index in [4.69, 9.17) is 12.2 Å². The summed E-state index contributed by atoms with van der Waals surface area (Å²) in [7, 11) is 0. The van der Waals surface area contributed by atoms with Crippen LogP contribution in [0.4, 0.5) is 5.69 Å². The molecule has 1 fully saturated rings. The van der Waals surface area contributed by atoms with Gasteiger partial charge in [-0.15, -0.1) is 0 Å². The van der Waals surface area contributed by atoms with Crippen LogP contribution in [-0.2, 0) is 4.79 Å². The summed E-state index contributed by atoms with van der Waals surface area (Å²) in [5, 5.41) is 9.50. The standard InChI is InChI=1S/C13H17N3OS/c17-12-11(8-4-5-9-14-12)16-13(18)15-10-6-2-1-3-7-10/h1-3,6-7,11H,4-5,8-9H2,(H,14,17)(H2,15,16,18)/t11-/m1/s1. The summed E-state index contributed by atoms with van der Waals surface area (Å²) in [6.45, 7) is 0.760. The van der Waals surface area contributed by atoms with Crippen molar-refractivity contribution in [3.63, 3.8) is 0 Å². The van der Waals surface area contributed by atoms with Crippen molar-refractivity contribution in [2.75, 3.05) is 11.9 Å². The largest absolute Gasteiger partial charge is 0.354 e. The molecule has 18 heavy (non-hydrogen) atoms. The highest BCUT2D eigenvalue weighted by atomic mass is 32.1. The van der Waals surface area contributed by atoms with Crippen LogP contribution in [0.1, 0.15) is 19.3 Å². The number of hydrogen-bond acceptors (Lipinski definition) is 2. The van der Waals surface area contributed by atoms with Crippen LogP contribution < -0.4 is 16.0 Å². The van der Waals surface area contributed by atoms with Gasteiger partial charge in [-0.2, -0.15) is 0 Å². The average Bonchev–Trinajstić information content (AvgIpc) is 2.56. The molecule has 0 saturated carbocycles. The van der Waals surface area contributed by atoms with Crippen LogP contribution in [-0.4, -0.2) is 23.6 Å². The number of para-hydroxylation sites is 1. The van der Waals surface area contributed by atoms with E-state index in [0.29, 0.717) is 5.11 Å². The highest BCUT2D eigenvalue weighted by Crippen LogP contribution is 2.07. The quantitative estimate of drug-likeness (QED) is 0.710. The minimum Gasteiger partial charge on any atom is -0.354 e. The fourth-order valence-electron chi connectivity index (χ4n) is 1.92. The molecule has 1 aromatic carbocycles. The van der Waals surface area contributed by atoms with Gasteiger partial charge < -0.3 is 16.0 Å². The third-order valence-corrected chi connectivity index (χ3v) is 3.09. The molecule has 5 heteroatoms. The fourth-order valence-corrected chi connectivity index (χ4v) is 2.18. The molecule has 0 spiro atoms. The van der Waals surface area contributed by atoms with Gasteiger partial charge in [-0.05, 0) is 43.6 Å². The van der Waals surface area contributed by atoms with E-state index in [1.54, 1.807) is 0 Å². The number of amides is 1. The van der Waals surface area contributed by atoms with Crippen molar-refractivity contribution < 1.29 is 4.79 Å². The minimum atomic E-state index is -0.226. The molecule has 2 rings (SSSR count). The minimum absolute atomic E-state index is 0.0321. The maximum absolute atomic E-state index is 11.7. The molecule has 1 aliphatic rings. The van der Waals surface area contributed by atoms with Crippen molar-refractivity contribution in [3.8, 4) is 0 Å². The second kappa shape index (κ2) is 6.35. The van der Waals surface area contributed by atoms with Crippen molar-refractivity contribution in [3.05, 3.63) is 30.3 Å². The Morgan fingerprint density at radius 2 is 2.06 bits per heavy atom. The number of carbonyl (C=O) groups is 1. The van der Waals surface area contributed by atoms with E-state index >= 15 is 0 Å². The van der Waals surface area contributed by atoms with Gasteiger partial charge in [-0.25, -0.2) is 0 Å².